The van der Waals surface area contributed by atoms with E-state index < -0.39 is 0 Å². The third-order valence-electron chi connectivity index (χ3n) is 6.36. The Morgan fingerprint density at radius 2 is 1.59 bits per heavy atom. The summed E-state index contributed by atoms with van der Waals surface area (Å²) in [4.78, 5) is 0. The van der Waals surface area contributed by atoms with E-state index in [1.165, 1.54) is 68.9 Å². The zero-order chi connectivity index (χ0) is 15.4. The van der Waals surface area contributed by atoms with Crippen molar-refractivity contribution in [2.75, 3.05) is 0 Å². The van der Waals surface area contributed by atoms with E-state index in [1.54, 1.807) is 0 Å². The number of benzene rings is 1. The van der Waals surface area contributed by atoms with E-state index in [9.17, 15) is 0 Å². The van der Waals surface area contributed by atoms with Crippen LogP contribution >= 0.6 is 0 Å². The van der Waals surface area contributed by atoms with Crippen molar-refractivity contribution < 1.29 is 0 Å². The van der Waals surface area contributed by atoms with Crippen molar-refractivity contribution in [3.8, 4) is 0 Å². The van der Waals surface area contributed by atoms with Crippen LogP contribution in [0.15, 0.2) is 49.6 Å². The molecule has 22 heavy (non-hydrogen) atoms. The second-order valence-electron chi connectivity index (χ2n) is 7.41. The van der Waals surface area contributed by atoms with E-state index in [2.05, 4.69) is 49.6 Å². The van der Waals surface area contributed by atoms with Gasteiger partial charge in [0.15, 0.2) is 0 Å². The molecule has 0 heterocycles. The minimum Gasteiger partial charge on any atom is -0.103 e. The first-order valence-corrected chi connectivity index (χ1v) is 9.13. The van der Waals surface area contributed by atoms with Crippen LogP contribution in [-0.4, -0.2) is 0 Å². The third kappa shape index (κ3) is 2.93. The molecule has 0 heteroatoms. The van der Waals surface area contributed by atoms with Gasteiger partial charge in [0, 0.05) is 0 Å². The van der Waals surface area contributed by atoms with Gasteiger partial charge < -0.3 is 0 Å². The molecule has 0 nitrogen and oxygen atoms in total. The molecule has 1 aromatic carbocycles. The molecular formula is C22H30. The number of hydrogen-bond donors (Lipinski definition) is 0. The highest BCUT2D eigenvalue weighted by Crippen LogP contribution is 2.55. The SMILES string of the molecule is C=CC1CCC(C2(C(=C)c3ccccc3)CCCCC2)CC1. The Kier molecular flexibility index (Phi) is 4.86. The lowest BCUT2D eigenvalue weighted by molar-refractivity contribution is 0.118. The summed E-state index contributed by atoms with van der Waals surface area (Å²) in [7, 11) is 0. The molecule has 0 atom stereocenters. The quantitative estimate of drug-likeness (QED) is 0.546. The summed E-state index contributed by atoms with van der Waals surface area (Å²) in [5, 5.41) is 0. The second-order valence-corrected chi connectivity index (χ2v) is 7.41. The predicted octanol–water partition coefficient (Wildman–Crippen LogP) is 6.64. The Hall–Kier alpha value is -1.30. The van der Waals surface area contributed by atoms with Crippen LogP contribution in [0.2, 0.25) is 0 Å². The van der Waals surface area contributed by atoms with Gasteiger partial charge in [-0.1, -0.05) is 62.2 Å². The van der Waals surface area contributed by atoms with Crippen molar-refractivity contribution in [3.05, 3.63) is 55.1 Å². The topological polar surface area (TPSA) is 0 Å². The van der Waals surface area contributed by atoms with Crippen molar-refractivity contribution in [1.29, 1.82) is 0 Å². The van der Waals surface area contributed by atoms with E-state index in [0.717, 1.165) is 11.8 Å². The molecule has 0 radical (unpaired) electrons. The molecule has 0 unspecified atom stereocenters. The van der Waals surface area contributed by atoms with Gasteiger partial charge in [-0.2, -0.15) is 0 Å². The summed E-state index contributed by atoms with van der Waals surface area (Å²) in [5.41, 5.74) is 3.16. The van der Waals surface area contributed by atoms with Crippen molar-refractivity contribution >= 4 is 5.57 Å². The first-order valence-electron chi connectivity index (χ1n) is 9.13. The minimum absolute atomic E-state index is 0.367. The van der Waals surface area contributed by atoms with Gasteiger partial charge >= 0.3 is 0 Å². The van der Waals surface area contributed by atoms with Crippen LogP contribution in [0.4, 0.5) is 0 Å². The molecule has 0 saturated heterocycles. The Bertz CT molecular complexity index is 496. The van der Waals surface area contributed by atoms with Crippen LogP contribution in [-0.2, 0) is 0 Å². The lowest BCUT2D eigenvalue weighted by Gasteiger charge is -2.48. The molecule has 0 amide bonds. The number of allylic oxidation sites excluding steroid dienone is 2. The average Bonchev–Trinajstić information content (AvgIpc) is 2.62. The molecule has 0 spiro atoms. The van der Waals surface area contributed by atoms with E-state index in [-0.39, 0.29) is 0 Å². The fourth-order valence-electron chi connectivity index (χ4n) is 4.97. The van der Waals surface area contributed by atoms with Gasteiger partial charge in [0.05, 0.1) is 0 Å². The van der Waals surface area contributed by atoms with Gasteiger partial charge in [0.25, 0.3) is 0 Å². The fraction of sp³-hybridized carbons (Fsp3) is 0.545. The highest BCUT2D eigenvalue weighted by molar-refractivity contribution is 5.68. The molecule has 3 rings (SSSR count). The maximum absolute atomic E-state index is 4.62. The Balaban J connectivity index is 1.85. The van der Waals surface area contributed by atoms with Gasteiger partial charge in [-0.15, -0.1) is 6.58 Å². The molecule has 2 saturated carbocycles. The molecular weight excluding hydrogens is 264 g/mol. The normalized spacial score (nSPS) is 28.0. The monoisotopic (exact) mass is 294 g/mol. The third-order valence-corrected chi connectivity index (χ3v) is 6.36. The maximum atomic E-state index is 4.62. The van der Waals surface area contributed by atoms with Gasteiger partial charge in [-0.05, 0) is 66.9 Å². The number of hydrogen-bond acceptors (Lipinski definition) is 0. The average molecular weight is 294 g/mol. The lowest BCUT2D eigenvalue weighted by Crippen LogP contribution is -2.36. The van der Waals surface area contributed by atoms with Crippen molar-refractivity contribution in [2.45, 2.75) is 57.8 Å². The van der Waals surface area contributed by atoms with Crippen molar-refractivity contribution in [2.24, 2.45) is 17.3 Å². The molecule has 2 aliphatic carbocycles. The van der Waals surface area contributed by atoms with Gasteiger partial charge in [0.2, 0.25) is 0 Å². The maximum Gasteiger partial charge on any atom is -0.00187 e. The highest BCUT2D eigenvalue weighted by atomic mass is 14.5. The molecule has 118 valence electrons. The lowest BCUT2D eigenvalue weighted by atomic mass is 9.57. The molecule has 0 N–H and O–H groups in total. The fourth-order valence-corrected chi connectivity index (χ4v) is 4.97. The zero-order valence-corrected chi connectivity index (χ0v) is 13.9. The summed E-state index contributed by atoms with van der Waals surface area (Å²) in [6.45, 7) is 8.62. The predicted molar refractivity (Wildman–Crippen MR) is 96.6 cm³/mol. The van der Waals surface area contributed by atoms with Crippen LogP contribution in [0.25, 0.3) is 5.57 Å². The first-order chi connectivity index (χ1) is 10.8. The summed E-state index contributed by atoms with van der Waals surface area (Å²) in [6.07, 6.45) is 14.4. The van der Waals surface area contributed by atoms with Crippen LogP contribution < -0.4 is 0 Å². The molecule has 2 fully saturated rings. The van der Waals surface area contributed by atoms with E-state index in [0.29, 0.717) is 5.41 Å². The first kappa shape index (κ1) is 15.6. The van der Waals surface area contributed by atoms with Crippen molar-refractivity contribution in [3.63, 3.8) is 0 Å². The molecule has 0 aliphatic heterocycles. The Labute approximate surface area is 136 Å². The number of rotatable bonds is 4. The molecule has 1 aromatic rings. The van der Waals surface area contributed by atoms with E-state index in [1.807, 2.05) is 0 Å². The Morgan fingerprint density at radius 3 is 2.18 bits per heavy atom. The standard InChI is InChI=1S/C22H30/c1-3-19-12-14-21(15-13-19)22(16-8-5-9-17-22)18(2)20-10-6-4-7-11-20/h3-4,6-7,10-11,19,21H,1-2,5,8-9,12-17H2. The van der Waals surface area contributed by atoms with E-state index in [4.69, 9.17) is 0 Å². The van der Waals surface area contributed by atoms with Crippen LogP contribution in [0.1, 0.15) is 63.4 Å². The van der Waals surface area contributed by atoms with Crippen LogP contribution in [0, 0.1) is 17.3 Å². The second kappa shape index (κ2) is 6.86. The Morgan fingerprint density at radius 1 is 0.955 bits per heavy atom. The smallest absolute Gasteiger partial charge is 0.00187 e. The molecule has 2 aliphatic rings. The van der Waals surface area contributed by atoms with Gasteiger partial charge in [-0.3, -0.25) is 0 Å². The van der Waals surface area contributed by atoms with Crippen molar-refractivity contribution in [1.82, 2.24) is 0 Å². The summed E-state index contributed by atoms with van der Waals surface area (Å²) >= 11 is 0. The largest absolute Gasteiger partial charge is 0.103 e. The summed E-state index contributed by atoms with van der Waals surface area (Å²) in [5.74, 6) is 1.58. The van der Waals surface area contributed by atoms with Crippen LogP contribution in [0.3, 0.4) is 0 Å². The zero-order valence-electron chi connectivity index (χ0n) is 13.9. The highest BCUT2D eigenvalue weighted by Gasteiger charge is 2.43. The summed E-state index contributed by atoms with van der Waals surface area (Å²) < 4.78 is 0. The summed E-state index contributed by atoms with van der Waals surface area (Å²) in [6, 6.07) is 10.9. The molecule has 0 bridgehead atoms. The van der Waals surface area contributed by atoms with Gasteiger partial charge in [-0.25, -0.2) is 0 Å². The minimum atomic E-state index is 0.367. The molecule has 0 aromatic heterocycles. The van der Waals surface area contributed by atoms with Gasteiger partial charge in [0.1, 0.15) is 0 Å². The van der Waals surface area contributed by atoms with E-state index >= 15 is 0 Å². The van der Waals surface area contributed by atoms with Crippen LogP contribution in [0.5, 0.6) is 0 Å².